The fraction of sp³-hybridized carbons (Fsp3) is 0.0833. The molecule has 0 saturated heterocycles. The maximum absolute atomic E-state index is 5.82. The van der Waals surface area contributed by atoms with Gasteiger partial charge in [0.25, 0.3) is 0 Å². The third kappa shape index (κ3) is 1.44. The standard InChI is InChI=1S/C12H12N4O/c1-17-10-4-2-3-7-5-9(15-11(7)10)12-8(13)6-14-16-12/h2-6,15H,13H2,1H3,(H,14,16). The van der Waals surface area contributed by atoms with Crippen LogP contribution in [0.25, 0.3) is 22.3 Å². The Hall–Kier alpha value is -2.43. The fourth-order valence-electron chi connectivity index (χ4n) is 1.94. The molecule has 0 spiro atoms. The molecular formula is C12H12N4O. The molecule has 0 aliphatic heterocycles. The molecule has 5 heteroatoms. The number of nitrogen functional groups attached to an aromatic ring is 1. The van der Waals surface area contributed by atoms with Crippen molar-refractivity contribution in [2.24, 2.45) is 0 Å². The molecule has 0 aliphatic carbocycles. The van der Waals surface area contributed by atoms with Crippen molar-refractivity contribution in [3.8, 4) is 17.1 Å². The second kappa shape index (κ2) is 3.55. The molecule has 0 atom stereocenters. The van der Waals surface area contributed by atoms with Crippen LogP contribution in [0.4, 0.5) is 5.69 Å². The number of nitrogens with two attached hydrogens (primary N) is 1. The minimum Gasteiger partial charge on any atom is -0.495 e. The van der Waals surface area contributed by atoms with E-state index in [0.717, 1.165) is 28.0 Å². The lowest BCUT2D eigenvalue weighted by molar-refractivity contribution is 0.419. The van der Waals surface area contributed by atoms with Crippen molar-refractivity contribution in [1.82, 2.24) is 15.2 Å². The van der Waals surface area contributed by atoms with Crippen LogP contribution >= 0.6 is 0 Å². The number of ether oxygens (including phenoxy) is 1. The molecule has 3 rings (SSSR count). The number of methoxy groups -OCH3 is 1. The van der Waals surface area contributed by atoms with Crippen molar-refractivity contribution in [2.75, 3.05) is 12.8 Å². The number of anilines is 1. The van der Waals surface area contributed by atoms with E-state index in [0.29, 0.717) is 5.69 Å². The van der Waals surface area contributed by atoms with E-state index in [1.165, 1.54) is 0 Å². The summed E-state index contributed by atoms with van der Waals surface area (Å²) in [6, 6.07) is 7.90. The minimum absolute atomic E-state index is 0.621. The Kier molecular flexibility index (Phi) is 2.04. The van der Waals surface area contributed by atoms with Crippen LogP contribution in [-0.2, 0) is 0 Å². The number of aromatic amines is 2. The van der Waals surface area contributed by atoms with Gasteiger partial charge in [0.05, 0.1) is 30.2 Å². The fourth-order valence-corrected chi connectivity index (χ4v) is 1.94. The zero-order valence-corrected chi connectivity index (χ0v) is 9.32. The summed E-state index contributed by atoms with van der Waals surface area (Å²) in [5.74, 6) is 0.812. The lowest BCUT2D eigenvalue weighted by Crippen LogP contribution is -1.87. The monoisotopic (exact) mass is 228 g/mol. The minimum atomic E-state index is 0.621. The number of hydrogen-bond donors (Lipinski definition) is 3. The van der Waals surface area contributed by atoms with Crippen molar-refractivity contribution >= 4 is 16.6 Å². The molecule has 5 nitrogen and oxygen atoms in total. The van der Waals surface area contributed by atoms with Gasteiger partial charge >= 0.3 is 0 Å². The molecule has 4 N–H and O–H groups in total. The van der Waals surface area contributed by atoms with Crippen LogP contribution in [0.3, 0.4) is 0 Å². The van der Waals surface area contributed by atoms with Gasteiger partial charge in [0.15, 0.2) is 0 Å². The number of nitrogens with zero attached hydrogens (tertiary/aromatic N) is 1. The van der Waals surface area contributed by atoms with E-state index < -0.39 is 0 Å². The highest BCUT2D eigenvalue weighted by Crippen LogP contribution is 2.30. The van der Waals surface area contributed by atoms with Crippen LogP contribution in [0.5, 0.6) is 5.75 Å². The topological polar surface area (TPSA) is 79.7 Å². The average molecular weight is 228 g/mol. The lowest BCUT2D eigenvalue weighted by Gasteiger charge is -1.99. The van der Waals surface area contributed by atoms with Crippen LogP contribution in [0.2, 0.25) is 0 Å². The summed E-state index contributed by atoms with van der Waals surface area (Å²) in [7, 11) is 1.65. The zero-order chi connectivity index (χ0) is 11.8. The first-order chi connectivity index (χ1) is 8.29. The summed E-state index contributed by atoms with van der Waals surface area (Å²) >= 11 is 0. The maximum Gasteiger partial charge on any atom is 0.142 e. The molecule has 0 aliphatic rings. The number of fused-ring (bicyclic) bond motifs is 1. The van der Waals surface area contributed by atoms with Gasteiger partial charge in [-0.3, -0.25) is 5.10 Å². The lowest BCUT2D eigenvalue weighted by atomic mass is 10.2. The molecule has 3 aromatic rings. The SMILES string of the molecule is COc1cccc2cc(-c3[nH]ncc3N)[nH]c12. The molecule has 86 valence electrons. The normalized spacial score (nSPS) is 10.9. The highest BCUT2D eigenvalue weighted by molar-refractivity contribution is 5.91. The van der Waals surface area contributed by atoms with E-state index in [1.807, 2.05) is 24.3 Å². The Balaban J connectivity index is 2.24. The van der Waals surface area contributed by atoms with Crippen molar-refractivity contribution < 1.29 is 4.74 Å². The summed E-state index contributed by atoms with van der Waals surface area (Å²) in [6.45, 7) is 0. The van der Waals surface area contributed by atoms with Gasteiger partial charge in [-0.15, -0.1) is 0 Å². The maximum atomic E-state index is 5.82. The van der Waals surface area contributed by atoms with Gasteiger partial charge < -0.3 is 15.5 Å². The second-order valence-electron chi connectivity index (χ2n) is 3.81. The van der Waals surface area contributed by atoms with Gasteiger partial charge in [0, 0.05) is 5.39 Å². The first-order valence-electron chi connectivity index (χ1n) is 5.24. The number of para-hydroxylation sites is 1. The highest BCUT2D eigenvalue weighted by atomic mass is 16.5. The number of hydrogen-bond acceptors (Lipinski definition) is 3. The molecule has 0 radical (unpaired) electrons. The third-order valence-electron chi connectivity index (χ3n) is 2.78. The Bertz CT molecular complexity index is 668. The average Bonchev–Trinajstić information content (AvgIpc) is 2.93. The van der Waals surface area contributed by atoms with E-state index >= 15 is 0 Å². The van der Waals surface area contributed by atoms with Crippen molar-refractivity contribution in [3.63, 3.8) is 0 Å². The number of benzene rings is 1. The van der Waals surface area contributed by atoms with Gasteiger partial charge in [-0.25, -0.2) is 0 Å². The van der Waals surface area contributed by atoms with Crippen LogP contribution in [0.1, 0.15) is 0 Å². The van der Waals surface area contributed by atoms with Crippen LogP contribution < -0.4 is 10.5 Å². The molecule has 17 heavy (non-hydrogen) atoms. The highest BCUT2D eigenvalue weighted by Gasteiger charge is 2.10. The van der Waals surface area contributed by atoms with E-state index in [4.69, 9.17) is 10.5 Å². The molecule has 2 heterocycles. The van der Waals surface area contributed by atoms with Gasteiger partial charge in [-0.1, -0.05) is 12.1 Å². The van der Waals surface area contributed by atoms with Crippen molar-refractivity contribution in [2.45, 2.75) is 0 Å². The molecular weight excluding hydrogens is 216 g/mol. The predicted octanol–water partition coefficient (Wildman–Crippen LogP) is 2.15. The molecule has 0 saturated carbocycles. The summed E-state index contributed by atoms with van der Waals surface area (Å²) in [4.78, 5) is 3.28. The molecule has 0 fully saturated rings. The number of H-pyrrole nitrogens is 2. The van der Waals surface area contributed by atoms with Gasteiger partial charge in [0.1, 0.15) is 11.4 Å². The van der Waals surface area contributed by atoms with E-state index in [-0.39, 0.29) is 0 Å². The Morgan fingerprint density at radius 3 is 2.94 bits per heavy atom. The number of aromatic nitrogens is 3. The summed E-state index contributed by atoms with van der Waals surface area (Å²) in [5, 5.41) is 7.86. The van der Waals surface area contributed by atoms with Crippen LogP contribution in [-0.4, -0.2) is 22.3 Å². The Labute approximate surface area is 97.6 Å². The Morgan fingerprint density at radius 1 is 1.35 bits per heavy atom. The van der Waals surface area contributed by atoms with Crippen LogP contribution in [0, 0.1) is 0 Å². The molecule has 1 aromatic carbocycles. The largest absolute Gasteiger partial charge is 0.495 e. The summed E-state index contributed by atoms with van der Waals surface area (Å²) in [5.41, 5.74) is 9.10. The molecule has 0 unspecified atom stereocenters. The van der Waals surface area contributed by atoms with E-state index in [9.17, 15) is 0 Å². The number of nitrogens with one attached hydrogen (secondary N) is 2. The number of rotatable bonds is 2. The van der Waals surface area contributed by atoms with Gasteiger partial charge in [0.2, 0.25) is 0 Å². The molecule has 2 aromatic heterocycles. The first-order valence-corrected chi connectivity index (χ1v) is 5.24. The summed E-state index contributed by atoms with van der Waals surface area (Å²) in [6.07, 6.45) is 1.60. The van der Waals surface area contributed by atoms with Crippen LogP contribution in [0.15, 0.2) is 30.5 Å². The quantitative estimate of drug-likeness (QED) is 0.628. The molecule has 0 bridgehead atoms. The smallest absolute Gasteiger partial charge is 0.142 e. The summed E-state index contributed by atoms with van der Waals surface area (Å²) < 4.78 is 5.30. The molecule has 0 amide bonds. The van der Waals surface area contributed by atoms with Gasteiger partial charge in [-0.2, -0.15) is 5.10 Å². The van der Waals surface area contributed by atoms with Gasteiger partial charge in [-0.05, 0) is 12.1 Å². The van der Waals surface area contributed by atoms with E-state index in [2.05, 4.69) is 15.2 Å². The zero-order valence-electron chi connectivity index (χ0n) is 9.32. The first kappa shape index (κ1) is 9.77. The van der Waals surface area contributed by atoms with E-state index in [1.54, 1.807) is 13.3 Å². The third-order valence-corrected chi connectivity index (χ3v) is 2.78. The Morgan fingerprint density at radius 2 is 2.24 bits per heavy atom. The second-order valence-corrected chi connectivity index (χ2v) is 3.81. The van der Waals surface area contributed by atoms with Crippen molar-refractivity contribution in [1.29, 1.82) is 0 Å². The predicted molar refractivity (Wildman–Crippen MR) is 66.8 cm³/mol. The van der Waals surface area contributed by atoms with Crippen molar-refractivity contribution in [3.05, 3.63) is 30.5 Å².